The maximum atomic E-state index is 8.92. The normalized spacial score (nSPS) is 25.6. The summed E-state index contributed by atoms with van der Waals surface area (Å²) in [5, 5.41) is 9.83. The summed E-state index contributed by atoms with van der Waals surface area (Å²) in [6.45, 7) is 0.335. The van der Waals surface area contributed by atoms with Crippen LogP contribution >= 0.6 is 11.6 Å². The highest BCUT2D eigenvalue weighted by Crippen LogP contribution is 2.39. The second kappa shape index (κ2) is 5.70. The van der Waals surface area contributed by atoms with E-state index in [1.807, 2.05) is 12.1 Å². The molecule has 0 atom stereocenters. The van der Waals surface area contributed by atoms with Crippen LogP contribution in [0.4, 0.5) is 0 Å². The van der Waals surface area contributed by atoms with Crippen LogP contribution in [-0.4, -0.2) is 11.7 Å². The van der Waals surface area contributed by atoms with Crippen LogP contribution in [0.1, 0.15) is 43.6 Å². The van der Waals surface area contributed by atoms with Gasteiger partial charge in [-0.2, -0.15) is 0 Å². The van der Waals surface area contributed by atoms with Gasteiger partial charge in [0.15, 0.2) is 0 Å². The second-order valence-corrected chi connectivity index (χ2v) is 5.16. The molecule has 0 aromatic heterocycles. The van der Waals surface area contributed by atoms with E-state index in [2.05, 4.69) is 12.1 Å². The molecule has 1 nitrogen and oxygen atoms in total. The molecule has 1 saturated carbocycles. The summed E-state index contributed by atoms with van der Waals surface area (Å²) in [6, 6.07) is 8.19. The Balaban J connectivity index is 1.96. The molecule has 1 aromatic carbocycles. The van der Waals surface area contributed by atoms with Crippen molar-refractivity contribution < 1.29 is 5.11 Å². The lowest BCUT2D eigenvalue weighted by Crippen LogP contribution is -2.14. The van der Waals surface area contributed by atoms with Gasteiger partial charge < -0.3 is 5.11 Å². The largest absolute Gasteiger partial charge is 0.396 e. The predicted molar refractivity (Wildman–Crippen MR) is 67.9 cm³/mol. The van der Waals surface area contributed by atoms with Crippen LogP contribution in [0.25, 0.3) is 0 Å². The lowest BCUT2D eigenvalue weighted by atomic mass is 9.78. The van der Waals surface area contributed by atoms with Gasteiger partial charge in [0.25, 0.3) is 0 Å². The maximum absolute atomic E-state index is 8.92. The summed E-state index contributed by atoms with van der Waals surface area (Å²) < 4.78 is 0. The first-order valence-corrected chi connectivity index (χ1v) is 6.54. The van der Waals surface area contributed by atoms with E-state index in [-0.39, 0.29) is 0 Å². The number of benzene rings is 1. The van der Waals surface area contributed by atoms with E-state index in [1.54, 1.807) is 0 Å². The molecule has 1 aliphatic carbocycles. The summed E-state index contributed by atoms with van der Waals surface area (Å²) in [5.74, 6) is 1.35. The first-order chi connectivity index (χ1) is 7.81. The van der Waals surface area contributed by atoms with Crippen LogP contribution in [0.5, 0.6) is 0 Å². The van der Waals surface area contributed by atoms with Crippen molar-refractivity contribution in [1.82, 2.24) is 0 Å². The number of hydrogen-bond acceptors (Lipinski definition) is 1. The van der Waals surface area contributed by atoms with E-state index in [0.717, 1.165) is 17.4 Å². The SMILES string of the molecule is OCCC1CCC(c2ccccc2Cl)CC1. The molecule has 1 fully saturated rings. The van der Waals surface area contributed by atoms with Gasteiger partial charge in [-0.3, -0.25) is 0 Å². The molecule has 2 heteroatoms. The zero-order valence-electron chi connectivity index (χ0n) is 9.53. The van der Waals surface area contributed by atoms with Crippen LogP contribution in [0, 0.1) is 5.92 Å². The van der Waals surface area contributed by atoms with Crippen LogP contribution in [0.3, 0.4) is 0 Å². The van der Waals surface area contributed by atoms with Gasteiger partial charge in [0.1, 0.15) is 0 Å². The average Bonchev–Trinajstić information content (AvgIpc) is 2.31. The fourth-order valence-corrected chi connectivity index (χ4v) is 3.04. The van der Waals surface area contributed by atoms with Crippen LogP contribution < -0.4 is 0 Å². The van der Waals surface area contributed by atoms with Gasteiger partial charge in [0.2, 0.25) is 0 Å². The molecule has 0 unspecified atom stereocenters. The molecule has 1 aliphatic rings. The van der Waals surface area contributed by atoms with Crippen molar-refractivity contribution in [2.45, 2.75) is 38.0 Å². The van der Waals surface area contributed by atoms with Crippen molar-refractivity contribution in [2.75, 3.05) is 6.61 Å². The molecule has 0 radical (unpaired) electrons. The fourth-order valence-electron chi connectivity index (χ4n) is 2.75. The monoisotopic (exact) mass is 238 g/mol. The van der Waals surface area contributed by atoms with Crippen LogP contribution in [-0.2, 0) is 0 Å². The van der Waals surface area contributed by atoms with Crippen molar-refractivity contribution in [3.63, 3.8) is 0 Å². The minimum Gasteiger partial charge on any atom is -0.396 e. The van der Waals surface area contributed by atoms with Crippen LogP contribution in [0.15, 0.2) is 24.3 Å². The second-order valence-electron chi connectivity index (χ2n) is 4.75. The van der Waals surface area contributed by atoms with E-state index in [4.69, 9.17) is 16.7 Å². The highest BCUT2D eigenvalue weighted by Gasteiger charge is 2.23. The standard InChI is InChI=1S/C14H19ClO/c15-14-4-2-1-3-13(14)12-7-5-11(6-8-12)9-10-16/h1-4,11-12,16H,5-10H2. The Hall–Kier alpha value is -0.530. The molecule has 0 aliphatic heterocycles. The minimum absolute atomic E-state index is 0.335. The van der Waals surface area contributed by atoms with Crippen molar-refractivity contribution in [3.8, 4) is 0 Å². The third-order valence-corrected chi connectivity index (χ3v) is 4.07. The maximum Gasteiger partial charge on any atom is 0.0440 e. The molecular weight excluding hydrogens is 220 g/mol. The Morgan fingerprint density at radius 2 is 1.81 bits per heavy atom. The molecule has 1 N–H and O–H groups in total. The van der Waals surface area contributed by atoms with Gasteiger partial charge in [-0.25, -0.2) is 0 Å². The van der Waals surface area contributed by atoms with Crippen molar-refractivity contribution >= 4 is 11.6 Å². The van der Waals surface area contributed by atoms with Gasteiger partial charge in [0, 0.05) is 11.6 Å². The number of aliphatic hydroxyl groups is 1. The molecule has 0 amide bonds. The molecule has 1 aromatic rings. The Morgan fingerprint density at radius 1 is 1.12 bits per heavy atom. The van der Waals surface area contributed by atoms with E-state index in [0.29, 0.717) is 12.5 Å². The average molecular weight is 239 g/mol. The summed E-state index contributed by atoms with van der Waals surface area (Å²) in [5.41, 5.74) is 1.31. The molecule has 16 heavy (non-hydrogen) atoms. The number of halogens is 1. The summed E-state index contributed by atoms with van der Waals surface area (Å²) >= 11 is 6.22. The number of aliphatic hydroxyl groups excluding tert-OH is 1. The highest BCUT2D eigenvalue weighted by atomic mass is 35.5. The number of hydrogen-bond donors (Lipinski definition) is 1. The summed E-state index contributed by atoms with van der Waals surface area (Å²) in [7, 11) is 0. The molecule has 0 spiro atoms. The van der Waals surface area contributed by atoms with Crippen molar-refractivity contribution in [2.24, 2.45) is 5.92 Å². The quantitative estimate of drug-likeness (QED) is 0.844. The van der Waals surface area contributed by atoms with E-state index < -0.39 is 0 Å². The Morgan fingerprint density at radius 3 is 2.44 bits per heavy atom. The molecule has 2 rings (SSSR count). The first-order valence-electron chi connectivity index (χ1n) is 6.16. The van der Waals surface area contributed by atoms with Gasteiger partial charge in [-0.1, -0.05) is 29.8 Å². The Bertz CT molecular complexity index is 329. The van der Waals surface area contributed by atoms with Gasteiger partial charge in [0.05, 0.1) is 0 Å². The molecule has 0 bridgehead atoms. The topological polar surface area (TPSA) is 20.2 Å². The predicted octanol–water partition coefficient (Wildman–Crippen LogP) is 4.00. The van der Waals surface area contributed by atoms with Crippen LogP contribution in [0.2, 0.25) is 5.02 Å². The molecular formula is C14H19ClO. The minimum atomic E-state index is 0.335. The van der Waals surface area contributed by atoms with Crippen molar-refractivity contribution in [3.05, 3.63) is 34.9 Å². The van der Waals surface area contributed by atoms with E-state index >= 15 is 0 Å². The smallest absolute Gasteiger partial charge is 0.0440 e. The lowest BCUT2D eigenvalue weighted by Gasteiger charge is -2.28. The Labute approximate surface area is 102 Å². The molecule has 0 saturated heterocycles. The zero-order valence-corrected chi connectivity index (χ0v) is 10.3. The fraction of sp³-hybridized carbons (Fsp3) is 0.571. The summed E-state index contributed by atoms with van der Waals surface area (Å²) in [4.78, 5) is 0. The lowest BCUT2D eigenvalue weighted by molar-refractivity contribution is 0.222. The molecule has 0 heterocycles. The number of rotatable bonds is 3. The van der Waals surface area contributed by atoms with E-state index in [1.165, 1.54) is 31.2 Å². The zero-order chi connectivity index (χ0) is 11.4. The summed E-state index contributed by atoms with van der Waals surface area (Å²) in [6.07, 6.45) is 5.87. The first kappa shape index (κ1) is 11.9. The molecule has 88 valence electrons. The Kier molecular flexibility index (Phi) is 4.25. The highest BCUT2D eigenvalue weighted by molar-refractivity contribution is 6.31. The van der Waals surface area contributed by atoms with Gasteiger partial charge in [-0.05, 0) is 55.6 Å². The van der Waals surface area contributed by atoms with E-state index in [9.17, 15) is 0 Å². The third kappa shape index (κ3) is 2.78. The van der Waals surface area contributed by atoms with Gasteiger partial charge >= 0.3 is 0 Å². The third-order valence-electron chi connectivity index (χ3n) is 3.73. The van der Waals surface area contributed by atoms with Crippen molar-refractivity contribution in [1.29, 1.82) is 0 Å². The van der Waals surface area contributed by atoms with Gasteiger partial charge in [-0.15, -0.1) is 0 Å².